The third-order valence-corrected chi connectivity index (χ3v) is 5.19. The fourth-order valence-corrected chi connectivity index (χ4v) is 3.72. The van der Waals surface area contributed by atoms with Crippen LogP contribution in [0.4, 0.5) is 0 Å². The molecule has 2 aliphatic rings. The Morgan fingerprint density at radius 2 is 2.11 bits per heavy atom. The fourth-order valence-electron chi connectivity index (χ4n) is 3.72. The van der Waals surface area contributed by atoms with Crippen molar-refractivity contribution in [2.45, 2.75) is 50.7 Å². The summed E-state index contributed by atoms with van der Waals surface area (Å²) in [7, 11) is 0. The lowest BCUT2D eigenvalue weighted by Crippen LogP contribution is -2.49. The minimum absolute atomic E-state index is 0.368. The van der Waals surface area contributed by atoms with E-state index in [-0.39, 0.29) is 0 Å². The molecular formula is C20H34N4O3. The van der Waals surface area contributed by atoms with Crippen molar-refractivity contribution in [3.05, 3.63) is 24.2 Å². The summed E-state index contributed by atoms with van der Waals surface area (Å²) >= 11 is 0. The van der Waals surface area contributed by atoms with Gasteiger partial charge in [0.2, 0.25) is 0 Å². The molecule has 152 valence electrons. The molecule has 1 saturated carbocycles. The topological polar surface area (TPSA) is 82.3 Å². The van der Waals surface area contributed by atoms with Crippen molar-refractivity contribution >= 4 is 5.96 Å². The maximum atomic E-state index is 10.8. The minimum atomic E-state index is -0.858. The van der Waals surface area contributed by atoms with E-state index in [1.165, 1.54) is 25.7 Å². The number of aliphatic imine (C=N–C) groups is 1. The molecule has 0 amide bonds. The largest absolute Gasteiger partial charge is 0.469 e. The molecule has 3 N–H and O–H groups in total. The molecule has 27 heavy (non-hydrogen) atoms. The lowest BCUT2D eigenvalue weighted by atomic mass is 10.1. The third kappa shape index (κ3) is 7.16. The van der Waals surface area contributed by atoms with E-state index in [1.54, 1.807) is 6.26 Å². The van der Waals surface area contributed by atoms with Crippen molar-refractivity contribution in [1.82, 2.24) is 15.5 Å². The molecule has 3 rings (SSSR count). The third-order valence-electron chi connectivity index (χ3n) is 5.19. The Morgan fingerprint density at radius 1 is 1.33 bits per heavy atom. The van der Waals surface area contributed by atoms with Gasteiger partial charge in [-0.05, 0) is 31.9 Å². The van der Waals surface area contributed by atoms with E-state index in [1.807, 2.05) is 19.1 Å². The van der Waals surface area contributed by atoms with E-state index in [2.05, 4.69) is 15.5 Å². The monoisotopic (exact) mass is 378 g/mol. The van der Waals surface area contributed by atoms with Crippen LogP contribution in [0.15, 0.2) is 27.8 Å². The molecule has 1 atom stereocenters. The second-order valence-corrected chi connectivity index (χ2v) is 7.93. The van der Waals surface area contributed by atoms with E-state index < -0.39 is 5.60 Å². The number of nitrogens with one attached hydrogen (secondary N) is 2. The smallest absolute Gasteiger partial charge is 0.191 e. The van der Waals surface area contributed by atoms with E-state index in [0.29, 0.717) is 19.1 Å². The molecule has 1 saturated heterocycles. The summed E-state index contributed by atoms with van der Waals surface area (Å²) in [5.41, 5.74) is -0.858. The highest BCUT2D eigenvalue weighted by molar-refractivity contribution is 5.80. The van der Waals surface area contributed by atoms with Gasteiger partial charge in [0.05, 0.1) is 31.6 Å². The van der Waals surface area contributed by atoms with Gasteiger partial charge in [-0.15, -0.1) is 0 Å². The Kier molecular flexibility index (Phi) is 7.55. The van der Waals surface area contributed by atoms with Crippen LogP contribution in [0.3, 0.4) is 0 Å². The lowest BCUT2D eigenvalue weighted by Gasteiger charge is -2.33. The van der Waals surface area contributed by atoms with E-state index in [4.69, 9.17) is 14.1 Å². The van der Waals surface area contributed by atoms with Crippen LogP contribution in [-0.4, -0.2) is 73.5 Å². The standard InChI is InChI=1S/C20H34N4O3/c1-20(25,16-24-10-13-26-14-11-24)15-22-19(23-17-5-2-3-6-17)21-9-8-18-7-4-12-27-18/h4,7,12,17,25H,2-3,5-6,8-11,13-16H2,1H3,(H2,21,22,23). The molecule has 1 aliphatic carbocycles. The molecule has 0 bridgehead atoms. The first-order chi connectivity index (χ1) is 13.1. The Balaban J connectivity index is 1.52. The number of ether oxygens (including phenoxy) is 1. The normalized spacial score (nSPS) is 21.9. The number of aliphatic hydroxyl groups is 1. The van der Waals surface area contributed by atoms with Gasteiger partial charge < -0.3 is 24.9 Å². The van der Waals surface area contributed by atoms with Gasteiger partial charge in [0.15, 0.2) is 5.96 Å². The average molecular weight is 379 g/mol. The second kappa shape index (κ2) is 10.1. The van der Waals surface area contributed by atoms with Gasteiger partial charge in [0, 0.05) is 38.6 Å². The Morgan fingerprint density at radius 3 is 2.81 bits per heavy atom. The van der Waals surface area contributed by atoms with E-state index in [9.17, 15) is 5.11 Å². The second-order valence-electron chi connectivity index (χ2n) is 7.93. The molecule has 1 aromatic rings. The maximum Gasteiger partial charge on any atom is 0.191 e. The Bertz CT molecular complexity index is 562. The van der Waals surface area contributed by atoms with Crippen LogP contribution in [-0.2, 0) is 11.2 Å². The summed E-state index contributed by atoms with van der Waals surface area (Å²) < 4.78 is 10.8. The highest BCUT2D eigenvalue weighted by Crippen LogP contribution is 2.17. The maximum absolute atomic E-state index is 10.8. The van der Waals surface area contributed by atoms with Crippen LogP contribution < -0.4 is 10.6 Å². The molecule has 0 radical (unpaired) electrons. The van der Waals surface area contributed by atoms with Gasteiger partial charge in [0.1, 0.15) is 5.76 Å². The van der Waals surface area contributed by atoms with E-state index >= 15 is 0 Å². The number of rotatable bonds is 8. The summed E-state index contributed by atoms with van der Waals surface area (Å²) in [6.45, 7) is 6.81. The van der Waals surface area contributed by atoms with Crippen LogP contribution in [0, 0.1) is 0 Å². The van der Waals surface area contributed by atoms with Crippen molar-refractivity contribution in [1.29, 1.82) is 0 Å². The number of hydrogen-bond donors (Lipinski definition) is 3. The van der Waals surface area contributed by atoms with Gasteiger partial charge in [-0.25, -0.2) is 0 Å². The fraction of sp³-hybridized carbons (Fsp3) is 0.750. The molecule has 0 spiro atoms. The minimum Gasteiger partial charge on any atom is -0.469 e. The summed E-state index contributed by atoms with van der Waals surface area (Å²) in [6.07, 6.45) is 7.41. The first kappa shape index (κ1) is 20.2. The molecule has 2 heterocycles. The van der Waals surface area contributed by atoms with Gasteiger partial charge in [0.25, 0.3) is 0 Å². The molecular weight excluding hydrogens is 344 g/mol. The van der Waals surface area contributed by atoms with Gasteiger partial charge in [-0.2, -0.15) is 0 Å². The molecule has 7 heteroatoms. The van der Waals surface area contributed by atoms with Crippen LogP contribution >= 0.6 is 0 Å². The molecule has 2 fully saturated rings. The molecule has 7 nitrogen and oxygen atoms in total. The lowest BCUT2D eigenvalue weighted by molar-refractivity contribution is -0.0180. The first-order valence-corrected chi connectivity index (χ1v) is 10.2. The van der Waals surface area contributed by atoms with Crippen LogP contribution in [0.1, 0.15) is 38.4 Å². The highest BCUT2D eigenvalue weighted by atomic mass is 16.5. The summed E-state index contributed by atoms with van der Waals surface area (Å²) in [5.74, 6) is 1.75. The Hall–Kier alpha value is -1.57. The van der Waals surface area contributed by atoms with Crippen molar-refractivity contribution in [2.75, 3.05) is 45.9 Å². The number of hydrogen-bond acceptors (Lipinski definition) is 5. The van der Waals surface area contributed by atoms with Crippen LogP contribution in [0.5, 0.6) is 0 Å². The molecule has 1 aromatic heterocycles. The van der Waals surface area contributed by atoms with Crippen LogP contribution in [0.2, 0.25) is 0 Å². The zero-order chi connectivity index (χ0) is 19.0. The predicted molar refractivity (Wildman–Crippen MR) is 106 cm³/mol. The summed E-state index contributed by atoms with van der Waals surface area (Å²) in [5, 5.41) is 17.7. The number of β-amino-alcohol motifs (C(OH)–C–C–N with tert-alkyl or cyclic N) is 1. The number of morpholine rings is 1. The number of nitrogens with zero attached hydrogens (tertiary/aromatic N) is 2. The van der Waals surface area contributed by atoms with Gasteiger partial charge in [-0.1, -0.05) is 12.8 Å². The first-order valence-electron chi connectivity index (χ1n) is 10.2. The number of furan rings is 1. The van der Waals surface area contributed by atoms with Crippen molar-refractivity contribution in [3.63, 3.8) is 0 Å². The van der Waals surface area contributed by atoms with E-state index in [0.717, 1.165) is 51.0 Å². The quantitative estimate of drug-likeness (QED) is 0.468. The zero-order valence-corrected chi connectivity index (χ0v) is 16.5. The molecule has 0 aromatic carbocycles. The predicted octanol–water partition coefficient (Wildman–Crippen LogP) is 1.38. The van der Waals surface area contributed by atoms with Crippen LogP contribution in [0.25, 0.3) is 0 Å². The summed E-state index contributed by atoms with van der Waals surface area (Å²) in [6, 6.07) is 4.36. The average Bonchev–Trinajstić information content (AvgIpc) is 3.34. The zero-order valence-electron chi connectivity index (χ0n) is 16.5. The Labute approximate surface area is 162 Å². The highest BCUT2D eigenvalue weighted by Gasteiger charge is 2.25. The van der Waals surface area contributed by atoms with Crippen molar-refractivity contribution < 1.29 is 14.3 Å². The molecule has 1 unspecified atom stereocenters. The summed E-state index contributed by atoms with van der Waals surface area (Å²) in [4.78, 5) is 6.94. The number of guanidine groups is 1. The SMILES string of the molecule is CC(O)(CN=C(NCCc1ccco1)NC1CCCC1)CN1CCOCC1. The van der Waals surface area contributed by atoms with Crippen molar-refractivity contribution in [2.24, 2.45) is 4.99 Å². The molecule has 1 aliphatic heterocycles. The van der Waals surface area contributed by atoms with Gasteiger partial charge >= 0.3 is 0 Å². The van der Waals surface area contributed by atoms with Gasteiger partial charge in [-0.3, -0.25) is 9.89 Å². The van der Waals surface area contributed by atoms with Crippen molar-refractivity contribution in [3.8, 4) is 0 Å².